The summed E-state index contributed by atoms with van der Waals surface area (Å²) in [6.07, 6.45) is -2.01. The predicted molar refractivity (Wildman–Crippen MR) is 162 cm³/mol. The molecular weight excluding hydrogens is 525 g/mol. The summed E-state index contributed by atoms with van der Waals surface area (Å²) in [7, 11) is -5.22. The van der Waals surface area contributed by atoms with E-state index in [0.717, 1.165) is 10.4 Å². The molecule has 0 unspecified atom stereocenters. The summed E-state index contributed by atoms with van der Waals surface area (Å²) in [5, 5.41) is 14.2. The molecule has 8 heteroatoms. The molecule has 0 saturated carbocycles. The van der Waals surface area contributed by atoms with E-state index in [1.165, 1.54) is 6.92 Å². The molecule has 0 bridgehead atoms. The second-order valence-electron chi connectivity index (χ2n) is 13.5. The third-order valence-corrected chi connectivity index (χ3v) is 17.9. The maximum atomic E-state index is 12.3. The molecule has 2 aromatic rings. The van der Waals surface area contributed by atoms with Gasteiger partial charge in [-0.2, -0.15) is 0 Å². The smallest absolute Gasteiger partial charge is 0.303 e. The number of carbonyl (C=O) groups excluding carboxylic acids is 1. The van der Waals surface area contributed by atoms with Crippen molar-refractivity contribution in [3.05, 3.63) is 60.7 Å². The van der Waals surface area contributed by atoms with Crippen LogP contribution in [0.25, 0.3) is 0 Å². The molecule has 0 aromatic heterocycles. The lowest BCUT2D eigenvalue weighted by atomic mass is 9.90. The minimum absolute atomic E-state index is 0.0376. The van der Waals surface area contributed by atoms with Gasteiger partial charge in [-0.25, -0.2) is 0 Å². The summed E-state index contributed by atoms with van der Waals surface area (Å²) in [5.41, 5.74) is -1.58. The van der Waals surface area contributed by atoms with Crippen LogP contribution in [-0.2, 0) is 23.1 Å². The molecule has 0 spiro atoms. The summed E-state index contributed by atoms with van der Waals surface area (Å²) in [4.78, 5) is 12.3. The Kier molecular flexibility index (Phi) is 9.42. The van der Waals surface area contributed by atoms with Crippen molar-refractivity contribution in [2.24, 2.45) is 0 Å². The van der Waals surface area contributed by atoms with Crippen LogP contribution in [0.2, 0.25) is 23.2 Å². The minimum Gasteiger partial charge on any atom is -0.457 e. The zero-order chi connectivity index (χ0) is 29.3. The van der Waals surface area contributed by atoms with Gasteiger partial charge in [0.25, 0.3) is 8.32 Å². The fraction of sp³-hybridized carbons (Fsp3) is 0.581. The largest absolute Gasteiger partial charge is 0.457 e. The summed E-state index contributed by atoms with van der Waals surface area (Å²) >= 11 is 0. The lowest BCUT2D eigenvalue weighted by molar-refractivity contribution is -0.182. The zero-order valence-corrected chi connectivity index (χ0v) is 27.4. The second kappa shape index (κ2) is 11.6. The highest BCUT2D eigenvalue weighted by molar-refractivity contribution is 6.99. The molecule has 0 aliphatic carbocycles. The quantitative estimate of drug-likeness (QED) is 0.231. The van der Waals surface area contributed by atoms with Crippen molar-refractivity contribution >= 4 is 33.0 Å². The highest BCUT2D eigenvalue weighted by Gasteiger charge is 2.59. The zero-order valence-electron chi connectivity index (χ0n) is 25.4. The first-order valence-corrected chi connectivity index (χ1v) is 18.7. The van der Waals surface area contributed by atoms with Crippen molar-refractivity contribution in [2.45, 2.75) is 102 Å². The Labute approximate surface area is 237 Å². The number of carbonyl (C=O) groups is 1. The molecule has 0 radical (unpaired) electrons. The first kappa shape index (κ1) is 31.7. The van der Waals surface area contributed by atoms with Crippen molar-refractivity contribution in [2.75, 3.05) is 13.2 Å². The Morgan fingerprint density at radius 1 is 0.923 bits per heavy atom. The van der Waals surface area contributed by atoms with Crippen LogP contribution in [0.5, 0.6) is 0 Å². The van der Waals surface area contributed by atoms with Gasteiger partial charge in [0.15, 0.2) is 14.4 Å². The summed E-state index contributed by atoms with van der Waals surface area (Å²) in [6.45, 7) is 21.0. The van der Waals surface area contributed by atoms with Gasteiger partial charge in [-0.1, -0.05) is 102 Å². The SMILES string of the molecule is CC(=O)O[C@H](CO[Si](C)(C)C(C)(C)C)[C@](C)(O)[C@@H](O[Si](c1ccccc1)(c1ccccc1)C(C)(C)C)[C@H]1CO1. The van der Waals surface area contributed by atoms with E-state index in [9.17, 15) is 9.90 Å². The third kappa shape index (κ3) is 6.92. The maximum Gasteiger partial charge on any atom is 0.303 e. The van der Waals surface area contributed by atoms with Crippen molar-refractivity contribution in [1.29, 1.82) is 0 Å². The van der Waals surface area contributed by atoms with Crippen LogP contribution in [0.1, 0.15) is 55.4 Å². The summed E-state index contributed by atoms with van der Waals surface area (Å²) in [6, 6.07) is 20.6. The molecule has 1 N–H and O–H groups in total. The number of rotatable bonds is 11. The van der Waals surface area contributed by atoms with Crippen LogP contribution in [-0.4, -0.2) is 64.8 Å². The van der Waals surface area contributed by atoms with Crippen LogP contribution in [0.4, 0.5) is 0 Å². The number of hydrogen-bond donors (Lipinski definition) is 1. The van der Waals surface area contributed by atoms with E-state index in [2.05, 4.69) is 78.9 Å². The molecule has 1 heterocycles. The molecule has 3 rings (SSSR count). The average Bonchev–Trinajstić information content (AvgIpc) is 3.67. The van der Waals surface area contributed by atoms with Crippen molar-refractivity contribution in [1.82, 2.24) is 0 Å². The topological polar surface area (TPSA) is 77.5 Å². The monoisotopic (exact) mass is 572 g/mol. The Morgan fingerprint density at radius 2 is 1.38 bits per heavy atom. The van der Waals surface area contributed by atoms with E-state index < -0.39 is 40.4 Å². The van der Waals surface area contributed by atoms with Crippen LogP contribution in [0, 0.1) is 0 Å². The van der Waals surface area contributed by atoms with E-state index in [-0.39, 0.29) is 22.8 Å². The Morgan fingerprint density at radius 3 is 1.74 bits per heavy atom. The molecule has 4 atom stereocenters. The third-order valence-electron chi connectivity index (χ3n) is 8.36. The number of epoxide rings is 1. The van der Waals surface area contributed by atoms with Gasteiger partial charge in [-0.15, -0.1) is 0 Å². The lowest BCUT2D eigenvalue weighted by Crippen LogP contribution is -2.71. The van der Waals surface area contributed by atoms with E-state index in [1.807, 2.05) is 36.4 Å². The van der Waals surface area contributed by atoms with E-state index in [4.69, 9.17) is 18.3 Å². The lowest BCUT2D eigenvalue weighted by Gasteiger charge is -2.49. The highest BCUT2D eigenvalue weighted by Crippen LogP contribution is 2.42. The summed E-state index contributed by atoms with van der Waals surface area (Å²) in [5.74, 6) is -0.472. The Hall–Kier alpha value is -1.82. The number of benzene rings is 2. The fourth-order valence-electron chi connectivity index (χ4n) is 4.89. The molecule has 1 aliphatic rings. The second-order valence-corrected chi connectivity index (χ2v) is 22.5. The molecular formula is C31H48O6Si2. The van der Waals surface area contributed by atoms with Gasteiger partial charge >= 0.3 is 5.97 Å². The molecule has 1 fully saturated rings. The van der Waals surface area contributed by atoms with Gasteiger partial charge in [0.1, 0.15) is 17.8 Å². The Balaban J connectivity index is 2.12. The molecule has 1 saturated heterocycles. The number of hydrogen-bond acceptors (Lipinski definition) is 6. The summed E-state index contributed by atoms with van der Waals surface area (Å²) < 4.78 is 25.4. The van der Waals surface area contributed by atoms with Crippen molar-refractivity contribution in [3.8, 4) is 0 Å². The van der Waals surface area contributed by atoms with Crippen molar-refractivity contribution < 1.29 is 28.2 Å². The standard InChI is InChI=1S/C31H48O6Si2/c1-23(32)36-27(22-35-38(9,10)29(2,3)4)31(8,33)28(26-21-34-26)37-39(30(5,6)7,24-17-13-11-14-18-24)25-19-15-12-16-20-25/h11-20,26-28,33H,21-22H2,1-10H3/t26-,27-,28+,31+/m1/s1. The molecule has 2 aromatic carbocycles. The highest BCUT2D eigenvalue weighted by atomic mass is 28.4. The van der Waals surface area contributed by atoms with E-state index in [1.54, 1.807) is 6.92 Å². The Bertz CT molecular complexity index is 1050. The first-order chi connectivity index (χ1) is 17.9. The van der Waals surface area contributed by atoms with Gasteiger partial charge in [-0.05, 0) is 40.5 Å². The van der Waals surface area contributed by atoms with Gasteiger partial charge in [-0.3, -0.25) is 4.79 Å². The van der Waals surface area contributed by atoms with Crippen LogP contribution in [0.3, 0.4) is 0 Å². The van der Waals surface area contributed by atoms with Gasteiger partial charge in [0, 0.05) is 6.92 Å². The molecule has 1 aliphatic heterocycles. The van der Waals surface area contributed by atoms with Gasteiger partial charge < -0.3 is 23.4 Å². The molecule has 216 valence electrons. The van der Waals surface area contributed by atoms with Crippen LogP contribution >= 0.6 is 0 Å². The molecule has 6 nitrogen and oxygen atoms in total. The van der Waals surface area contributed by atoms with E-state index in [0.29, 0.717) is 6.61 Å². The van der Waals surface area contributed by atoms with Crippen LogP contribution < -0.4 is 10.4 Å². The van der Waals surface area contributed by atoms with Crippen LogP contribution in [0.15, 0.2) is 60.7 Å². The maximum absolute atomic E-state index is 12.3. The molecule has 0 amide bonds. The van der Waals surface area contributed by atoms with E-state index >= 15 is 0 Å². The number of aliphatic hydroxyl groups is 1. The fourth-order valence-corrected chi connectivity index (χ4v) is 10.7. The predicted octanol–water partition coefficient (Wildman–Crippen LogP) is 5.03. The average molecular weight is 573 g/mol. The normalized spacial score (nSPS) is 19.6. The number of ether oxygens (including phenoxy) is 2. The number of esters is 1. The van der Waals surface area contributed by atoms with Crippen molar-refractivity contribution in [3.63, 3.8) is 0 Å². The first-order valence-electron chi connectivity index (χ1n) is 13.9. The molecule has 39 heavy (non-hydrogen) atoms. The minimum atomic E-state index is -3.03. The van der Waals surface area contributed by atoms with Gasteiger partial charge in [0.05, 0.1) is 13.2 Å². The van der Waals surface area contributed by atoms with Gasteiger partial charge in [0.2, 0.25) is 0 Å².